The van der Waals surface area contributed by atoms with Crippen LogP contribution in [0.1, 0.15) is 15.2 Å². The van der Waals surface area contributed by atoms with Crippen LogP contribution in [0.4, 0.5) is 0 Å². The second kappa shape index (κ2) is 5.44. The third kappa shape index (κ3) is 3.23. The fourth-order valence-corrected chi connectivity index (χ4v) is 5.05. The predicted molar refractivity (Wildman–Crippen MR) is 76.3 cm³/mol. The molecule has 1 aromatic carbocycles. The van der Waals surface area contributed by atoms with Crippen LogP contribution in [0, 0.1) is 0 Å². The molecule has 4 nitrogen and oxygen atoms in total. The fourth-order valence-electron chi connectivity index (χ4n) is 1.53. The highest BCUT2D eigenvalue weighted by atomic mass is 79.9. The smallest absolute Gasteiger partial charge is 0.335 e. The molecule has 0 atom stereocenters. The molecule has 0 saturated heterocycles. The molecule has 0 saturated carbocycles. The van der Waals surface area contributed by atoms with E-state index >= 15 is 0 Å². The Bertz CT molecular complexity index is 705. The van der Waals surface area contributed by atoms with E-state index in [1.54, 1.807) is 17.5 Å². The molecule has 0 aliphatic carbocycles. The quantitative estimate of drug-likeness (QED) is 0.908. The van der Waals surface area contributed by atoms with E-state index in [0.29, 0.717) is 9.35 Å². The van der Waals surface area contributed by atoms with Crippen LogP contribution < -0.4 is 0 Å². The van der Waals surface area contributed by atoms with Crippen molar-refractivity contribution in [3.8, 4) is 0 Å². The Labute approximate surface area is 122 Å². The summed E-state index contributed by atoms with van der Waals surface area (Å²) in [6.07, 6.45) is 0. The van der Waals surface area contributed by atoms with E-state index in [0.717, 1.165) is 0 Å². The summed E-state index contributed by atoms with van der Waals surface area (Å²) in [6, 6.07) is 7.48. The molecular formula is C12H9BrO4S2. The molecule has 7 heteroatoms. The van der Waals surface area contributed by atoms with Crippen LogP contribution in [-0.4, -0.2) is 19.5 Å². The molecule has 0 aliphatic rings. The summed E-state index contributed by atoms with van der Waals surface area (Å²) in [5.74, 6) is -1.29. The van der Waals surface area contributed by atoms with Crippen molar-refractivity contribution >= 4 is 43.1 Å². The van der Waals surface area contributed by atoms with Crippen molar-refractivity contribution in [1.29, 1.82) is 0 Å². The second-order valence-corrected chi connectivity index (χ2v) is 7.63. The summed E-state index contributed by atoms with van der Waals surface area (Å²) in [5, 5.41) is 10.7. The number of benzene rings is 1. The number of carboxylic acid groups (broad SMARTS) is 1. The highest BCUT2D eigenvalue weighted by Crippen LogP contribution is 2.27. The van der Waals surface area contributed by atoms with Gasteiger partial charge in [0, 0.05) is 9.35 Å². The second-order valence-electron chi connectivity index (χ2n) is 3.79. The van der Waals surface area contributed by atoms with Crippen molar-refractivity contribution in [2.75, 3.05) is 0 Å². The SMILES string of the molecule is O=C(O)c1ccc(Br)c(S(=O)(=O)Cc2cccs2)c1. The van der Waals surface area contributed by atoms with Gasteiger partial charge in [-0.05, 0) is 45.6 Å². The summed E-state index contributed by atoms with van der Waals surface area (Å²) < 4.78 is 24.9. The lowest BCUT2D eigenvalue weighted by molar-refractivity contribution is 0.0696. The number of hydrogen-bond donors (Lipinski definition) is 1. The average Bonchev–Trinajstić information content (AvgIpc) is 2.81. The van der Waals surface area contributed by atoms with Crippen LogP contribution in [-0.2, 0) is 15.6 Å². The zero-order chi connectivity index (χ0) is 14.0. The Morgan fingerprint density at radius 3 is 2.63 bits per heavy atom. The van der Waals surface area contributed by atoms with Gasteiger partial charge in [-0.25, -0.2) is 13.2 Å². The maximum atomic E-state index is 12.3. The molecular weight excluding hydrogens is 352 g/mol. The van der Waals surface area contributed by atoms with Gasteiger partial charge in [0.05, 0.1) is 16.2 Å². The number of rotatable bonds is 4. The lowest BCUT2D eigenvalue weighted by atomic mass is 10.2. The first-order valence-corrected chi connectivity index (χ1v) is 8.50. The summed E-state index contributed by atoms with van der Waals surface area (Å²) in [7, 11) is -3.57. The molecule has 19 heavy (non-hydrogen) atoms. The van der Waals surface area contributed by atoms with Gasteiger partial charge in [-0.1, -0.05) is 6.07 Å². The minimum absolute atomic E-state index is 0.000741. The normalized spacial score (nSPS) is 11.4. The molecule has 2 aromatic rings. The molecule has 0 aliphatic heterocycles. The zero-order valence-corrected chi connectivity index (χ0v) is 12.8. The molecule has 0 bridgehead atoms. The third-order valence-corrected chi connectivity index (χ3v) is 6.14. The predicted octanol–water partition coefficient (Wildman–Crippen LogP) is 3.18. The van der Waals surface area contributed by atoms with Crippen LogP contribution in [0.3, 0.4) is 0 Å². The average molecular weight is 361 g/mol. The van der Waals surface area contributed by atoms with Gasteiger partial charge in [-0.3, -0.25) is 0 Å². The van der Waals surface area contributed by atoms with Crippen molar-refractivity contribution in [3.63, 3.8) is 0 Å². The molecule has 0 fully saturated rings. The first-order chi connectivity index (χ1) is 8.90. The maximum absolute atomic E-state index is 12.3. The van der Waals surface area contributed by atoms with Crippen molar-refractivity contribution in [2.45, 2.75) is 10.6 Å². The van der Waals surface area contributed by atoms with E-state index in [1.807, 2.05) is 0 Å². The van der Waals surface area contributed by atoms with E-state index in [2.05, 4.69) is 15.9 Å². The number of aromatic carboxylic acids is 1. The minimum Gasteiger partial charge on any atom is -0.478 e. The van der Waals surface area contributed by atoms with Crippen LogP contribution in [0.25, 0.3) is 0 Å². The Morgan fingerprint density at radius 1 is 1.32 bits per heavy atom. The first-order valence-electron chi connectivity index (χ1n) is 5.18. The van der Waals surface area contributed by atoms with Crippen LogP contribution in [0.5, 0.6) is 0 Å². The van der Waals surface area contributed by atoms with Crippen molar-refractivity contribution in [3.05, 3.63) is 50.6 Å². The van der Waals surface area contributed by atoms with E-state index in [1.165, 1.54) is 29.5 Å². The van der Waals surface area contributed by atoms with Crippen molar-refractivity contribution in [2.24, 2.45) is 0 Å². The molecule has 1 N–H and O–H groups in total. The van der Waals surface area contributed by atoms with Crippen LogP contribution in [0.15, 0.2) is 45.1 Å². The largest absolute Gasteiger partial charge is 0.478 e. The monoisotopic (exact) mass is 360 g/mol. The van der Waals surface area contributed by atoms with Gasteiger partial charge in [-0.15, -0.1) is 11.3 Å². The van der Waals surface area contributed by atoms with E-state index in [9.17, 15) is 13.2 Å². The lowest BCUT2D eigenvalue weighted by Gasteiger charge is -2.06. The lowest BCUT2D eigenvalue weighted by Crippen LogP contribution is -2.07. The highest BCUT2D eigenvalue weighted by molar-refractivity contribution is 9.10. The van der Waals surface area contributed by atoms with E-state index < -0.39 is 15.8 Å². The van der Waals surface area contributed by atoms with Crippen LogP contribution >= 0.6 is 27.3 Å². The number of sulfone groups is 1. The summed E-state index contributed by atoms with van der Waals surface area (Å²) in [4.78, 5) is 11.6. The van der Waals surface area contributed by atoms with Crippen molar-refractivity contribution < 1.29 is 18.3 Å². The van der Waals surface area contributed by atoms with Gasteiger partial charge in [0.15, 0.2) is 9.84 Å². The molecule has 0 unspecified atom stereocenters. The van der Waals surface area contributed by atoms with Gasteiger partial charge in [0.2, 0.25) is 0 Å². The summed E-state index contributed by atoms with van der Waals surface area (Å²) in [5.41, 5.74) is -0.0482. The number of hydrogen-bond acceptors (Lipinski definition) is 4. The Hall–Kier alpha value is -1.18. The summed E-state index contributed by atoms with van der Waals surface area (Å²) in [6.45, 7) is 0. The highest BCUT2D eigenvalue weighted by Gasteiger charge is 2.20. The minimum atomic E-state index is -3.57. The first kappa shape index (κ1) is 14.2. The molecule has 1 aromatic heterocycles. The Balaban J connectivity index is 2.45. The standard InChI is InChI=1S/C12H9BrO4S2/c13-10-4-3-8(12(14)15)6-11(10)19(16,17)7-9-2-1-5-18-9/h1-6H,7H2,(H,14,15). The Kier molecular flexibility index (Phi) is 4.07. The number of carboxylic acids is 1. The number of carbonyl (C=O) groups is 1. The van der Waals surface area contributed by atoms with Gasteiger partial charge in [0.25, 0.3) is 0 Å². The topological polar surface area (TPSA) is 71.4 Å². The molecule has 0 spiro atoms. The summed E-state index contributed by atoms with van der Waals surface area (Å²) >= 11 is 4.50. The molecule has 0 amide bonds. The molecule has 100 valence electrons. The van der Waals surface area contributed by atoms with E-state index in [-0.39, 0.29) is 16.2 Å². The molecule has 2 rings (SSSR count). The third-order valence-electron chi connectivity index (χ3n) is 2.43. The van der Waals surface area contributed by atoms with Gasteiger partial charge in [0.1, 0.15) is 0 Å². The van der Waals surface area contributed by atoms with Crippen molar-refractivity contribution in [1.82, 2.24) is 0 Å². The van der Waals surface area contributed by atoms with Gasteiger partial charge < -0.3 is 5.11 Å². The van der Waals surface area contributed by atoms with Gasteiger partial charge in [-0.2, -0.15) is 0 Å². The van der Waals surface area contributed by atoms with Crippen LogP contribution in [0.2, 0.25) is 0 Å². The number of thiophene rings is 1. The zero-order valence-electron chi connectivity index (χ0n) is 9.54. The van der Waals surface area contributed by atoms with Gasteiger partial charge >= 0.3 is 5.97 Å². The fraction of sp³-hybridized carbons (Fsp3) is 0.0833. The maximum Gasteiger partial charge on any atom is 0.335 e. The molecule has 0 radical (unpaired) electrons. The van der Waals surface area contributed by atoms with E-state index in [4.69, 9.17) is 5.11 Å². The molecule has 1 heterocycles. The number of halogens is 1. The Morgan fingerprint density at radius 2 is 2.05 bits per heavy atom.